The van der Waals surface area contributed by atoms with Gasteiger partial charge in [-0.2, -0.15) is 0 Å². The Labute approximate surface area is 48.0 Å². The normalized spacial score (nSPS) is 9.00. The highest BCUT2D eigenvalue weighted by Crippen LogP contribution is 1.99. The van der Waals surface area contributed by atoms with Gasteiger partial charge in [-0.05, 0) is 12.1 Å². The van der Waals surface area contributed by atoms with Crippen molar-refractivity contribution >= 4 is 5.70 Å². The Bertz CT molecular complexity index is 174. The lowest BCUT2D eigenvalue weighted by atomic mass is 10.4. The quantitative estimate of drug-likeness (QED) is 0.552. The summed E-state index contributed by atoms with van der Waals surface area (Å²) in [5.41, 5.74) is 6.80. The number of nitrogens with two attached hydrogens (primary N) is 1. The summed E-state index contributed by atoms with van der Waals surface area (Å²) in [6.45, 7) is 3.54. The Morgan fingerprint density at radius 3 is 2.75 bits per heavy atom. The number of aromatic nitrogens is 1. The van der Waals surface area contributed by atoms with Crippen LogP contribution < -0.4 is 5.73 Å². The van der Waals surface area contributed by atoms with Crippen molar-refractivity contribution in [2.24, 2.45) is 5.73 Å². The smallest absolute Gasteiger partial charge is 0.0607 e. The van der Waals surface area contributed by atoms with Crippen LogP contribution in [0.3, 0.4) is 0 Å². The molecule has 3 N–H and O–H groups in total. The van der Waals surface area contributed by atoms with Gasteiger partial charge in [0.1, 0.15) is 0 Å². The summed E-state index contributed by atoms with van der Waals surface area (Å²) in [6, 6.07) is 3.76. The Kier molecular flexibility index (Phi) is 1.08. The van der Waals surface area contributed by atoms with E-state index < -0.39 is 0 Å². The third-order valence-corrected chi connectivity index (χ3v) is 0.944. The van der Waals surface area contributed by atoms with Crippen LogP contribution in [0.5, 0.6) is 0 Å². The lowest BCUT2D eigenvalue weighted by molar-refractivity contribution is 1.33. The maximum atomic E-state index is 5.33. The first kappa shape index (κ1) is 4.97. The van der Waals surface area contributed by atoms with E-state index >= 15 is 0 Å². The molecule has 0 aliphatic rings. The summed E-state index contributed by atoms with van der Waals surface area (Å²) in [6.07, 6.45) is 1.81. The number of hydrogen-bond acceptors (Lipinski definition) is 1. The van der Waals surface area contributed by atoms with Crippen LogP contribution in [0.2, 0.25) is 0 Å². The van der Waals surface area contributed by atoms with Gasteiger partial charge in [0.05, 0.1) is 5.69 Å². The molecule has 0 bridgehead atoms. The minimum absolute atomic E-state index is 0.579. The summed E-state index contributed by atoms with van der Waals surface area (Å²) in [7, 11) is 0. The zero-order valence-electron chi connectivity index (χ0n) is 4.52. The van der Waals surface area contributed by atoms with E-state index in [4.69, 9.17) is 5.73 Å². The molecule has 1 aromatic rings. The van der Waals surface area contributed by atoms with Crippen LogP contribution in [0, 0.1) is 0 Å². The minimum Gasteiger partial charge on any atom is -0.398 e. The third kappa shape index (κ3) is 0.729. The van der Waals surface area contributed by atoms with Crippen molar-refractivity contribution in [3.63, 3.8) is 0 Å². The molecule has 8 heavy (non-hydrogen) atoms. The van der Waals surface area contributed by atoms with Gasteiger partial charge in [0, 0.05) is 11.9 Å². The second-order valence-corrected chi connectivity index (χ2v) is 1.61. The molecule has 0 aliphatic heterocycles. The molecule has 0 radical (unpaired) electrons. The second-order valence-electron chi connectivity index (χ2n) is 1.61. The van der Waals surface area contributed by atoms with Crippen molar-refractivity contribution in [2.45, 2.75) is 0 Å². The predicted molar refractivity (Wildman–Crippen MR) is 34.0 cm³/mol. The molecule has 1 aromatic heterocycles. The standard InChI is InChI=1S/C6H8N2/c1-5(7)6-3-2-4-8-6/h2-4,8H,1,7H2. The molecular weight excluding hydrogens is 100 g/mol. The van der Waals surface area contributed by atoms with Crippen molar-refractivity contribution < 1.29 is 0 Å². The molecule has 0 spiro atoms. The fraction of sp³-hybridized carbons (Fsp3) is 0. The van der Waals surface area contributed by atoms with E-state index in [0.29, 0.717) is 5.70 Å². The van der Waals surface area contributed by atoms with Crippen molar-refractivity contribution in [3.8, 4) is 0 Å². The molecule has 0 unspecified atom stereocenters. The number of rotatable bonds is 1. The first-order valence-electron chi connectivity index (χ1n) is 2.39. The Morgan fingerprint density at radius 1 is 1.75 bits per heavy atom. The zero-order valence-corrected chi connectivity index (χ0v) is 4.52. The predicted octanol–water partition coefficient (Wildman–Crippen LogP) is 0.944. The van der Waals surface area contributed by atoms with Crippen LogP contribution in [-0.2, 0) is 0 Å². The average Bonchev–Trinajstić information content (AvgIpc) is 2.12. The van der Waals surface area contributed by atoms with Crippen LogP contribution in [0.25, 0.3) is 5.70 Å². The highest BCUT2D eigenvalue weighted by atomic mass is 14.7. The van der Waals surface area contributed by atoms with Crippen LogP contribution in [0.1, 0.15) is 5.69 Å². The fourth-order valence-electron chi connectivity index (χ4n) is 0.530. The van der Waals surface area contributed by atoms with Gasteiger partial charge in [-0.15, -0.1) is 0 Å². The van der Waals surface area contributed by atoms with Crippen LogP contribution >= 0.6 is 0 Å². The van der Waals surface area contributed by atoms with E-state index in [0.717, 1.165) is 5.69 Å². The largest absolute Gasteiger partial charge is 0.398 e. The Hall–Kier alpha value is -1.18. The van der Waals surface area contributed by atoms with Gasteiger partial charge in [-0.25, -0.2) is 0 Å². The molecule has 0 aromatic carbocycles. The van der Waals surface area contributed by atoms with Crippen LogP contribution in [-0.4, -0.2) is 4.98 Å². The van der Waals surface area contributed by atoms with E-state index in [-0.39, 0.29) is 0 Å². The van der Waals surface area contributed by atoms with Gasteiger partial charge in [0.2, 0.25) is 0 Å². The molecule has 0 aliphatic carbocycles. The molecule has 0 atom stereocenters. The van der Waals surface area contributed by atoms with Crippen LogP contribution in [0.15, 0.2) is 24.9 Å². The number of nitrogens with one attached hydrogen (secondary N) is 1. The highest BCUT2D eigenvalue weighted by Gasteiger charge is 1.88. The maximum absolute atomic E-state index is 5.33. The van der Waals surface area contributed by atoms with Gasteiger partial charge < -0.3 is 10.7 Å². The SMILES string of the molecule is C=C(N)c1ccc[nH]1. The van der Waals surface area contributed by atoms with Crippen molar-refractivity contribution in [1.29, 1.82) is 0 Å². The lowest BCUT2D eigenvalue weighted by Crippen LogP contribution is -1.92. The summed E-state index contributed by atoms with van der Waals surface area (Å²) in [5, 5.41) is 0. The number of H-pyrrole nitrogens is 1. The number of aromatic amines is 1. The lowest BCUT2D eigenvalue weighted by Gasteiger charge is -1.89. The van der Waals surface area contributed by atoms with Gasteiger partial charge in [-0.3, -0.25) is 0 Å². The molecule has 0 saturated carbocycles. The van der Waals surface area contributed by atoms with Gasteiger partial charge in [0.15, 0.2) is 0 Å². The van der Waals surface area contributed by atoms with E-state index in [1.165, 1.54) is 0 Å². The van der Waals surface area contributed by atoms with Crippen LogP contribution in [0.4, 0.5) is 0 Å². The summed E-state index contributed by atoms with van der Waals surface area (Å²) < 4.78 is 0. The van der Waals surface area contributed by atoms with Crippen molar-refractivity contribution in [3.05, 3.63) is 30.6 Å². The molecule has 0 amide bonds. The fourth-order valence-corrected chi connectivity index (χ4v) is 0.530. The summed E-state index contributed by atoms with van der Waals surface area (Å²) >= 11 is 0. The molecule has 1 heterocycles. The zero-order chi connectivity index (χ0) is 5.98. The average molecular weight is 108 g/mol. The third-order valence-electron chi connectivity index (χ3n) is 0.944. The van der Waals surface area contributed by atoms with Crippen molar-refractivity contribution in [1.82, 2.24) is 4.98 Å². The maximum Gasteiger partial charge on any atom is 0.0607 e. The van der Waals surface area contributed by atoms with Gasteiger partial charge in [0.25, 0.3) is 0 Å². The first-order valence-corrected chi connectivity index (χ1v) is 2.39. The topological polar surface area (TPSA) is 41.8 Å². The van der Waals surface area contributed by atoms with E-state index in [9.17, 15) is 0 Å². The molecule has 2 nitrogen and oxygen atoms in total. The Morgan fingerprint density at radius 2 is 2.50 bits per heavy atom. The number of hydrogen-bond donors (Lipinski definition) is 2. The molecule has 0 fully saturated rings. The summed E-state index contributed by atoms with van der Waals surface area (Å²) in [4.78, 5) is 2.91. The van der Waals surface area contributed by atoms with Gasteiger partial charge in [-0.1, -0.05) is 6.58 Å². The summed E-state index contributed by atoms with van der Waals surface area (Å²) in [5.74, 6) is 0. The molecular formula is C6H8N2. The van der Waals surface area contributed by atoms with E-state index in [1.807, 2.05) is 18.3 Å². The Balaban J connectivity index is 2.93. The monoisotopic (exact) mass is 108 g/mol. The van der Waals surface area contributed by atoms with Gasteiger partial charge >= 0.3 is 0 Å². The molecule has 2 heteroatoms. The van der Waals surface area contributed by atoms with E-state index in [2.05, 4.69) is 11.6 Å². The van der Waals surface area contributed by atoms with E-state index in [1.54, 1.807) is 0 Å². The van der Waals surface area contributed by atoms with Crippen molar-refractivity contribution in [2.75, 3.05) is 0 Å². The molecule has 42 valence electrons. The highest BCUT2D eigenvalue weighted by molar-refractivity contribution is 5.56. The molecule has 1 rings (SSSR count). The minimum atomic E-state index is 0.579. The molecule has 0 saturated heterocycles. The second kappa shape index (κ2) is 1.74. The first-order chi connectivity index (χ1) is 3.80.